The number of nitrogens with zero attached hydrogens (tertiary/aromatic N) is 1. The molecule has 1 N–H and O–H groups in total. The molecule has 0 aromatic carbocycles. The second-order valence-electron chi connectivity index (χ2n) is 6.42. The molecule has 0 aliphatic carbocycles. The van der Waals surface area contributed by atoms with E-state index in [0.717, 1.165) is 58.7 Å². The fourth-order valence-electron chi connectivity index (χ4n) is 3.02. The van der Waals surface area contributed by atoms with Gasteiger partial charge in [-0.1, -0.05) is 6.92 Å². The fraction of sp³-hybridized carbons (Fsp3) is 1.00. The molecule has 112 valence electrons. The van der Waals surface area contributed by atoms with Crippen molar-refractivity contribution in [3.05, 3.63) is 0 Å². The average molecular weight is 270 g/mol. The maximum atomic E-state index is 5.74. The van der Waals surface area contributed by atoms with E-state index in [1.807, 2.05) is 0 Å². The maximum Gasteiger partial charge on any atom is 0.0594 e. The molecule has 2 saturated heterocycles. The van der Waals surface area contributed by atoms with Gasteiger partial charge in [-0.2, -0.15) is 0 Å². The Labute approximate surface area is 117 Å². The lowest BCUT2D eigenvalue weighted by atomic mass is 9.98. The first-order chi connectivity index (χ1) is 9.12. The van der Waals surface area contributed by atoms with Crippen molar-refractivity contribution in [2.75, 3.05) is 39.5 Å². The van der Waals surface area contributed by atoms with Crippen molar-refractivity contribution >= 4 is 0 Å². The Kier molecular flexibility index (Phi) is 5.63. The Morgan fingerprint density at radius 3 is 2.63 bits per heavy atom. The van der Waals surface area contributed by atoms with Gasteiger partial charge in [0.1, 0.15) is 0 Å². The van der Waals surface area contributed by atoms with Crippen LogP contribution in [0.15, 0.2) is 0 Å². The number of rotatable bonds is 5. The molecule has 2 unspecified atom stereocenters. The summed E-state index contributed by atoms with van der Waals surface area (Å²) in [6, 6.07) is 0.624. The molecular weight excluding hydrogens is 240 g/mol. The molecular formula is C15H30N2O2. The van der Waals surface area contributed by atoms with Crippen LogP contribution in [0.1, 0.15) is 40.0 Å². The van der Waals surface area contributed by atoms with Gasteiger partial charge in [-0.25, -0.2) is 0 Å². The molecule has 2 fully saturated rings. The van der Waals surface area contributed by atoms with Gasteiger partial charge in [-0.3, -0.25) is 4.90 Å². The summed E-state index contributed by atoms with van der Waals surface area (Å²) in [6.45, 7) is 12.7. The molecule has 0 saturated carbocycles. The van der Waals surface area contributed by atoms with Crippen molar-refractivity contribution in [3.63, 3.8) is 0 Å². The lowest BCUT2D eigenvalue weighted by Crippen LogP contribution is -2.56. The molecule has 0 amide bonds. The molecule has 2 atom stereocenters. The smallest absolute Gasteiger partial charge is 0.0594 e. The molecule has 0 radical (unpaired) electrons. The van der Waals surface area contributed by atoms with Crippen LogP contribution in [0.4, 0.5) is 0 Å². The predicted molar refractivity (Wildman–Crippen MR) is 77.5 cm³/mol. The van der Waals surface area contributed by atoms with Crippen molar-refractivity contribution < 1.29 is 9.47 Å². The van der Waals surface area contributed by atoms with E-state index in [2.05, 4.69) is 31.0 Å². The highest BCUT2D eigenvalue weighted by molar-refractivity contribution is 4.87. The van der Waals surface area contributed by atoms with E-state index in [0.29, 0.717) is 12.1 Å². The fourth-order valence-corrected chi connectivity index (χ4v) is 3.02. The van der Waals surface area contributed by atoms with Crippen molar-refractivity contribution in [1.29, 1.82) is 0 Å². The minimum absolute atomic E-state index is 0.212. The number of hydrogen-bond donors (Lipinski definition) is 1. The SMILES string of the molecule is CCC1CC(NCC(C)(C)N2CCOCC2)CCO1. The molecule has 0 bridgehead atoms. The summed E-state index contributed by atoms with van der Waals surface area (Å²) in [6.07, 6.45) is 3.90. The molecule has 4 heteroatoms. The quantitative estimate of drug-likeness (QED) is 0.823. The van der Waals surface area contributed by atoms with Crippen LogP contribution in [0.5, 0.6) is 0 Å². The first-order valence-corrected chi connectivity index (χ1v) is 7.79. The number of nitrogens with one attached hydrogen (secondary N) is 1. The Morgan fingerprint density at radius 1 is 1.21 bits per heavy atom. The Morgan fingerprint density at radius 2 is 1.95 bits per heavy atom. The van der Waals surface area contributed by atoms with Crippen LogP contribution >= 0.6 is 0 Å². The topological polar surface area (TPSA) is 33.7 Å². The highest BCUT2D eigenvalue weighted by Gasteiger charge is 2.29. The molecule has 2 heterocycles. The first-order valence-electron chi connectivity index (χ1n) is 7.79. The van der Waals surface area contributed by atoms with E-state index in [1.54, 1.807) is 0 Å². The highest BCUT2D eigenvalue weighted by Crippen LogP contribution is 2.19. The maximum absolute atomic E-state index is 5.74. The van der Waals surface area contributed by atoms with Crippen molar-refractivity contribution in [1.82, 2.24) is 10.2 Å². The normalized spacial score (nSPS) is 30.5. The van der Waals surface area contributed by atoms with Crippen LogP contribution in [-0.2, 0) is 9.47 Å². The standard InChI is InChI=1S/C15H30N2O2/c1-4-14-11-13(5-8-19-14)16-12-15(2,3)17-6-9-18-10-7-17/h13-14,16H,4-12H2,1-3H3. The van der Waals surface area contributed by atoms with Gasteiger partial charge in [-0.15, -0.1) is 0 Å². The van der Waals surface area contributed by atoms with E-state index in [9.17, 15) is 0 Å². The number of morpholine rings is 1. The first kappa shape index (κ1) is 15.2. The second-order valence-corrected chi connectivity index (χ2v) is 6.42. The van der Waals surface area contributed by atoms with E-state index in [1.165, 1.54) is 0 Å². The largest absolute Gasteiger partial charge is 0.379 e. The van der Waals surface area contributed by atoms with Gasteiger partial charge in [0.05, 0.1) is 19.3 Å². The van der Waals surface area contributed by atoms with Crippen LogP contribution in [0, 0.1) is 0 Å². The van der Waals surface area contributed by atoms with Crippen LogP contribution in [-0.4, -0.2) is 62.0 Å². The summed E-state index contributed by atoms with van der Waals surface area (Å²) >= 11 is 0. The zero-order valence-electron chi connectivity index (χ0n) is 12.8. The Hall–Kier alpha value is -0.160. The summed E-state index contributed by atoms with van der Waals surface area (Å²) in [7, 11) is 0. The molecule has 2 aliphatic rings. The monoisotopic (exact) mass is 270 g/mol. The minimum atomic E-state index is 0.212. The van der Waals surface area contributed by atoms with Crippen molar-refractivity contribution in [2.24, 2.45) is 0 Å². The zero-order valence-corrected chi connectivity index (χ0v) is 12.8. The van der Waals surface area contributed by atoms with Gasteiger partial charge in [-0.05, 0) is 33.1 Å². The third kappa shape index (κ3) is 4.42. The average Bonchev–Trinajstić information content (AvgIpc) is 2.46. The van der Waals surface area contributed by atoms with Gasteiger partial charge in [0.25, 0.3) is 0 Å². The van der Waals surface area contributed by atoms with Crippen molar-refractivity contribution in [3.8, 4) is 0 Å². The van der Waals surface area contributed by atoms with Gasteiger partial charge in [0.2, 0.25) is 0 Å². The second kappa shape index (κ2) is 7.02. The molecule has 0 aromatic rings. The van der Waals surface area contributed by atoms with Gasteiger partial charge in [0, 0.05) is 37.8 Å². The van der Waals surface area contributed by atoms with Crippen LogP contribution < -0.4 is 5.32 Å². The Bertz CT molecular complexity index is 265. The highest BCUT2D eigenvalue weighted by atomic mass is 16.5. The van der Waals surface area contributed by atoms with E-state index < -0.39 is 0 Å². The number of ether oxygens (including phenoxy) is 2. The zero-order chi connectivity index (χ0) is 13.7. The van der Waals surface area contributed by atoms with E-state index in [4.69, 9.17) is 9.47 Å². The summed E-state index contributed by atoms with van der Waals surface area (Å²) in [5.74, 6) is 0. The van der Waals surface area contributed by atoms with Crippen LogP contribution in [0.25, 0.3) is 0 Å². The van der Waals surface area contributed by atoms with Crippen LogP contribution in [0.3, 0.4) is 0 Å². The Balaban J connectivity index is 1.76. The van der Waals surface area contributed by atoms with Gasteiger partial charge < -0.3 is 14.8 Å². The third-order valence-corrected chi connectivity index (χ3v) is 4.51. The lowest BCUT2D eigenvalue weighted by Gasteiger charge is -2.42. The summed E-state index contributed by atoms with van der Waals surface area (Å²) in [5, 5.41) is 3.76. The van der Waals surface area contributed by atoms with Crippen molar-refractivity contribution in [2.45, 2.75) is 57.7 Å². The predicted octanol–water partition coefficient (Wildman–Crippen LogP) is 1.64. The lowest BCUT2D eigenvalue weighted by molar-refractivity contribution is -0.0192. The summed E-state index contributed by atoms with van der Waals surface area (Å²) < 4.78 is 11.2. The molecule has 4 nitrogen and oxygen atoms in total. The summed E-state index contributed by atoms with van der Waals surface area (Å²) in [4.78, 5) is 2.54. The molecule has 0 aromatic heterocycles. The molecule has 2 rings (SSSR count). The van der Waals surface area contributed by atoms with Gasteiger partial charge >= 0.3 is 0 Å². The minimum Gasteiger partial charge on any atom is -0.379 e. The third-order valence-electron chi connectivity index (χ3n) is 4.51. The van der Waals surface area contributed by atoms with Gasteiger partial charge in [0.15, 0.2) is 0 Å². The molecule has 19 heavy (non-hydrogen) atoms. The molecule has 0 spiro atoms. The molecule has 2 aliphatic heterocycles. The number of hydrogen-bond acceptors (Lipinski definition) is 4. The van der Waals surface area contributed by atoms with E-state index >= 15 is 0 Å². The van der Waals surface area contributed by atoms with Crippen LogP contribution in [0.2, 0.25) is 0 Å². The van der Waals surface area contributed by atoms with E-state index in [-0.39, 0.29) is 5.54 Å². The summed E-state index contributed by atoms with van der Waals surface area (Å²) in [5.41, 5.74) is 0.212.